The van der Waals surface area contributed by atoms with E-state index in [-0.39, 0.29) is 13.2 Å². The van der Waals surface area contributed by atoms with E-state index >= 15 is 0 Å². The molecule has 11 N–H and O–H groups in total. The first kappa shape index (κ1) is 36.3. The molecule has 21 heteroatoms. The third-order valence-corrected chi connectivity index (χ3v) is 7.51. The third kappa shape index (κ3) is 8.74. The van der Waals surface area contributed by atoms with Gasteiger partial charge in [-0.25, -0.2) is 4.18 Å². The summed E-state index contributed by atoms with van der Waals surface area (Å²) in [5.74, 6) is -0.660. The van der Waals surface area contributed by atoms with Gasteiger partial charge in [-0.2, -0.15) is 8.42 Å². The zero-order chi connectivity index (χ0) is 32.2. The van der Waals surface area contributed by atoms with Crippen molar-refractivity contribution in [2.24, 2.45) is 5.73 Å². The van der Waals surface area contributed by atoms with Crippen LogP contribution >= 0.6 is 0 Å². The summed E-state index contributed by atoms with van der Waals surface area (Å²) in [4.78, 5) is 12.2. The number of aliphatic hydroxyl groups is 7. The lowest BCUT2D eigenvalue weighted by Crippen LogP contribution is -2.70. The van der Waals surface area contributed by atoms with E-state index in [0.29, 0.717) is 0 Å². The summed E-state index contributed by atoms with van der Waals surface area (Å²) in [5, 5.41) is 74.6. The number of amides is 1. The lowest BCUT2D eigenvalue weighted by atomic mass is 9.94. The minimum Gasteiger partial charge on any atom is -0.394 e. The van der Waals surface area contributed by atoms with Crippen LogP contribution in [0.1, 0.15) is 13.8 Å². The van der Waals surface area contributed by atoms with Gasteiger partial charge in [0.15, 0.2) is 18.9 Å². The Bertz CT molecular complexity index is 1010. The van der Waals surface area contributed by atoms with Crippen molar-refractivity contribution in [3.63, 3.8) is 0 Å². The Balaban J connectivity index is 2.03. The summed E-state index contributed by atoms with van der Waals surface area (Å²) in [6.07, 6.45) is -23.6. The topological polar surface area (TPSA) is 316 Å². The van der Waals surface area contributed by atoms with Crippen molar-refractivity contribution < 1.29 is 86.1 Å². The largest absolute Gasteiger partial charge is 0.397 e. The predicted octanol–water partition coefficient (Wildman–Crippen LogP) is -6.59. The Morgan fingerprint density at radius 2 is 1.40 bits per heavy atom. The molecule has 0 aromatic carbocycles. The molecule has 3 saturated heterocycles. The average molecular weight is 653 g/mol. The number of aliphatic hydroxyl groups excluding tert-OH is 7. The van der Waals surface area contributed by atoms with Crippen LogP contribution in [0.15, 0.2) is 0 Å². The number of hydrogen-bond acceptors (Lipinski definition) is 18. The van der Waals surface area contributed by atoms with Gasteiger partial charge < -0.3 is 75.2 Å². The molecule has 3 aliphatic rings. The molecule has 0 bridgehead atoms. The second-order valence-corrected chi connectivity index (χ2v) is 11.2. The van der Waals surface area contributed by atoms with Gasteiger partial charge in [0, 0.05) is 13.5 Å². The highest BCUT2D eigenvalue weighted by Gasteiger charge is 2.55. The number of nitrogens with one attached hydrogen (secondary N) is 1. The number of nitrogens with two attached hydrogens (primary N) is 1. The predicted molar refractivity (Wildman–Crippen MR) is 135 cm³/mol. The van der Waals surface area contributed by atoms with E-state index in [2.05, 4.69) is 9.50 Å². The SMILES string of the molecule is CC(=O)N[C@H]1[C@H](OCCN)O[C@H](CO)[C@@H](O[C@@H]2O[C@@H](C)[C@@H](O)[C@@H](O)[C@@H]2O)[C@@H]1O[C@@H]1O[C@H](CO)[C@H](O)[C@H](OS(=O)(=O)O)[C@H]1O. The molecule has 20 nitrogen and oxygen atoms in total. The van der Waals surface area contributed by atoms with Crippen LogP contribution in [-0.2, 0) is 47.8 Å². The molecular weight excluding hydrogens is 612 g/mol. The fourth-order valence-electron chi connectivity index (χ4n) is 4.95. The maximum atomic E-state index is 12.2. The van der Waals surface area contributed by atoms with Crippen molar-refractivity contribution in [2.45, 2.75) is 106 Å². The maximum Gasteiger partial charge on any atom is 0.397 e. The molecule has 0 saturated carbocycles. The van der Waals surface area contributed by atoms with Crippen molar-refractivity contribution in [2.75, 3.05) is 26.4 Å². The number of carbonyl (C=O) groups excluding carboxylic acids is 1. The normalized spacial score (nSPS) is 44.2. The van der Waals surface area contributed by atoms with Gasteiger partial charge >= 0.3 is 10.4 Å². The highest BCUT2D eigenvalue weighted by atomic mass is 32.3. The van der Waals surface area contributed by atoms with Gasteiger partial charge in [-0.05, 0) is 6.92 Å². The Morgan fingerprint density at radius 1 is 0.814 bits per heavy atom. The van der Waals surface area contributed by atoms with Gasteiger partial charge in [0.25, 0.3) is 0 Å². The van der Waals surface area contributed by atoms with Crippen molar-refractivity contribution in [1.29, 1.82) is 0 Å². The molecule has 0 aromatic rings. The van der Waals surface area contributed by atoms with E-state index < -0.39 is 122 Å². The molecule has 1 amide bonds. The average Bonchev–Trinajstić information content (AvgIpc) is 2.94. The number of ether oxygens (including phenoxy) is 6. The summed E-state index contributed by atoms with van der Waals surface area (Å²) in [6, 6.07) is -1.37. The summed E-state index contributed by atoms with van der Waals surface area (Å²) < 4.78 is 70.6. The van der Waals surface area contributed by atoms with Gasteiger partial charge in [-0.3, -0.25) is 9.35 Å². The molecular formula is C22H40N2O18S. The van der Waals surface area contributed by atoms with Crippen LogP contribution < -0.4 is 11.1 Å². The second kappa shape index (κ2) is 15.4. The first-order valence-corrected chi connectivity index (χ1v) is 14.6. The van der Waals surface area contributed by atoms with E-state index in [9.17, 15) is 53.5 Å². The molecule has 0 spiro atoms. The van der Waals surface area contributed by atoms with Crippen LogP contribution in [0.5, 0.6) is 0 Å². The zero-order valence-corrected chi connectivity index (χ0v) is 24.0. The molecule has 252 valence electrons. The molecule has 43 heavy (non-hydrogen) atoms. The quantitative estimate of drug-likeness (QED) is 0.0876. The Kier molecular flexibility index (Phi) is 13.0. The maximum absolute atomic E-state index is 12.2. The van der Waals surface area contributed by atoms with E-state index in [1.807, 2.05) is 0 Å². The summed E-state index contributed by atoms with van der Waals surface area (Å²) in [5.41, 5.74) is 5.53. The fourth-order valence-corrected chi connectivity index (χ4v) is 5.45. The fraction of sp³-hybridized carbons (Fsp3) is 0.955. The molecule has 0 radical (unpaired) electrons. The number of hydrogen-bond donors (Lipinski definition) is 10. The van der Waals surface area contributed by atoms with Crippen LogP contribution in [0, 0.1) is 0 Å². The van der Waals surface area contributed by atoms with Crippen molar-refractivity contribution in [3.8, 4) is 0 Å². The van der Waals surface area contributed by atoms with Crippen molar-refractivity contribution in [3.05, 3.63) is 0 Å². The van der Waals surface area contributed by atoms with Crippen LogP contribution in [0.2, 0.25) is 0 Å². The first-order valence-electron chi connectivity index (χ1n) is 13.3. The van der Waals surface area contributed by atoms with E-state index in [1.54, 1.807) is 0 Å². The minimum absolute atomic E-state index is 0.00270. The van der Waals surface area contributed by atoms with Gasteiger partial charge in [-0.15, -0.1) is 0 Å². The minimum atomic E-state index is -5.26. The summed E-state index contributed by atoms with van der Waals surface area (Å²) in [6.45, 7) is 0.641. The van der Waals surface area contributed by atoms with Crippen LogP contribution in [0.3, 0.4) is 0 Å². The molecule has 0 aliphatic carbocycles. The summed E-state index contributed by atoms with van der Waals surface area (Å²) >= 11 is 0. The van der Waals surface area contributed by atoms with E-state index in [0.717, 1.165) is 6.92 Å². The molecule has 3 fully saturated rings. The lowest BCUT2D eigenvalue weighted by Gasteiger charge is -2.50. The molecule has 3 aliphatic heterocycles. The second-order valence-electron chi connectivity index (χ2n) is 10.2. The van der Waals surface area contributed by atoms with Crippen LogP contribution in [0.4, 0.5) is 0 Å². The molecule has 0 unspecified atom stereocenters. The molecule has 3 rings (SSSR count). The molecule has 0 aromatic heterocycles. The van der Waals surface area contributed by atoms with Gasteiger partial charge in [0.1, 0.15) is 67.1 Å². The number of rotatable bonds is 12. The molecule has 3 heterocycles. The Hall–Kier alpha value is -1.22. The summed E-state index contributed by atoms with van der Waals surface area (Å²) in [7, 11) is -5.26. The van der Waals surface area contributed by atoms with Crippen molar-refractivity contribution >= 4 is 16.3 Å². The zero-order valence-electron chi connectivity index (χ0n) is 23.1. The smallest absolute Gasteiger partial charge is 0.394 e. The highest BCUT2D eigenvalue weighted by Crippen LogP contribution is 2.34. The van der Waals surface area contributed by atoms with Gasteiger partial charge in [-0.1, -0.05) is 0 Å². The van der Waals surface area contributed by atoms with Crippen molar-refractivity contribution in [1.82, 2.24) is 5.32 Å². The van der Waals surface area contributed by atoms with Crippen LogP contribution in [-0.4, -0.2) is 173 Å². The monoisotopic (exact) mass is 652 g/mol. The number of carbonyl (C=O) groups is 1. The van der Waals surface area contributed by atoms with E-state index in [1.165, 1.54) is 6.92 Å². The van der Waals surface area contributed by atoms with Gasteiger partial charge in [0.05, 0.1) is 25.9 Å². The van der Waals surface area contributed by atoms with E-state index in [4.69, 9.17) is 34.2 Å². The Labute approximate surface area is 246 Å². The standard InChI is InChI=1S/C22H40N2O18S/c1-7-12(28)14(30)15(31)21(37-7)40-17-10(6-26)39-20(36-4-3-23)11(24-8(2)27)18(17)41-22-16(32)19(42-43(33,34)35)13(29)9(5-25)38-22/h7,9-22,25-26,28-32H,3-6,23H2,1-2H3,(H,24,27)(H,33,34,35)/t7-,9+,10+,11+,12+,13-,14+,15-,16+,17+,18+,19-,20+,21-,22-/m0/s1. The lowest BCUT2D eigenvalue weighted by molar-refractivity contribution is -0.372. The highest BCUT2D eigenvalue weighted by molar-refractivity contribution is 7.80. The molecule has 15 atom stereocenters. The third-order valence-electron chi connectivity index (χ3n) is 7.04. The Morgan fingerprint density at radius 3 is 1.95 bits per heavy atom. The van der Waals surface area contributed by atoms with Gasteiger partial charge in [0.2, 0.25) is 5.91 Å². The van der Waals surface area contributed by atoms with Crippen LogP contribution in [0.25, 0.3) is 0 Å². The first-order chi connectivity index (χ1) is 20.1.